The maximum atomic E-state index is 8.95. The van der Waals surface area contributed by atoms with Crippen LogP contribution < -0.4 is 5.73 Å². The van der Waals surface area contributed by atoms with Crippen LogP contribution in [0.5, 0.6) is 5.75 Å². The SMILES string of the molecule is Cl.Nc1ccc(O)c(Cl)c1Cl. The number of rotatable bonds is 0. The number of halogens is 3. The molecule has 11 heavy (non-hydrogen) atoms. The molecule has 62 valence electrons. The molecule has 0 aliphatic rings. The monoisotopic (exact) mass is 213 g/mol. The third-order valence-corrected chi connectivity index (χ3v) is 1.98. The summed E-state index contributed by atoms with van der Waals surface area (Å²) in [5.41, 5.74) is 5.73. The Morgan fingerprint density at radius 1 is 1.18 bits per heavy atom. The molecule has 0 atom stereocenters. The zero-order valence-electron chi connectivity index (χ0n) is 5.34. The van der Waals surface area contributed by atoms with Crippen molar-refractivity contribution in [1.29, 1.82) is 0 Å². The Hall–Kier alpha value is -0.310. The highest BCUT2D eigenvalue weighted by Gasteiger charge is 2.05. The number of phenolic OH excluding ortho intramolecular Hbond substituents is 1. The third-order valence-electron chi connectivity index (χ3n) is 1.09. The number of anilines is 1. The van der Waals surface area contributed by atoms with E-state index in [1.807, 2.05) is 0 Å². The van der Waals surface area contributed by atoms with Crippen molar-refractivity contribution < 1.29 is 5.11 Å². The summed E-state index contributed by atoms with van der Waals surface area (Å²) in [4.78, 5) is 0. The predicted octanol–water partition coefficient (Wildman–Crippen LogP) is 2.70. The lowest BCUT2D eigenvalue weighted by molar-refractivity contribution is 0.476. The fourth-order valence-electron chi connectivity index (χ4n) is 0.554. The molecule has 0 spiro atoms. The molecule has 5 heteroatoms. The molecule has 1 rings (SSSR count). The van der Waals surface area contributed by atoms with E-state index in [1.54, 1.807) is 0 Å². The van der Waals surface area contributed by atoms with Crippen molar-refractivity contribution in [2.45, 2.75) is 0 Å². The first kappa shape index (κ1) is 10.7. The molecule has 0 heterocycles. The molecule has 3 N–H and O–H groups in total. The molecule has 0 bridgehead atoms. The van der Waals surface area contributed by atoms with E-state index in [0.717, 1.165) is 0 Å². The van der Waals surface area contributed by atoms with Gasteiger partial charge in [0.15, 0.2) is 0 Å². The average Bonchev–Trinajstić information content (AvgIpc) is 1.93. The number of hydrogen-bond acceptors (Lipinski definition) is 2. The fraction of sp³-hybridized carbons (Fsp3) is 0. The molecule has 0 aliphatic carbocycles. The minimum Gasteiger partial charge on any atom is -0.506 e. The highest BCUT2D eigenvalue weighted by molar-refractivity contribution is 6.44. The Bertz CT molecular complexity index is 237. The second-order valence-electron chi connectivity index (χ2n) is 1.80. The zero-order valence-corrected chi connectivity index (χ0v) is 7.67. The van der Waals surface area contributed by atoms with Gasteiger partial charge in [-0.15, -0.1) is 12.4 Å². The summed E-state index contributed by atoms with van der Waals surface area (Å²) in [6, 6.07) is 2.88. The molecule has 0 fully saturated rings. The van der Waals surface area contributed by atoms with E-state index in [-0.39, 0.29) is 28.2 Å². The molecule has 0 amide bonds. The van der Waals surface area contributed by atoms with Crippen molar-refractivity contribution in [2.75, 3.05) is 5.73 Å². The lowest BCUT2D eigenvalue weighted by Gasteiger charge is -2.00. The molecule has 0 aliphatic heterocycles. The molecule has 0 saturated carbocycles. The van der Waals surface area contributed by atoms with Gasteiger partial charge in [0.05, 0.1) is 10.7 Å². The fourth-order valence-corrected chi connectivity index (χ4v) is 0.886. The van der Waals surface area contributed by atoms with Gasteiger partial charge in [-0.1, -0.05) is 23.2 Å². The third kappa shape index (κ3) is 2.06. The second-order valence-corrected chi connectivity index (χ2v) is 2.56. The summed E-state index contributed by atoms with van der Waals surface area (Å²) < 4.78 is 0. The van der Waals surface area contributed by atoms with E-state index in [9.17, 15) is 0 Å². The van der Waals surface area contributed by atoms with Crippen LogP contribution in [0.3, 0.4) is 0 Å². The number of aromatic hydroxyl groups is 1. The Kier molecular flexibility index (Phi) is 3.79. The smallest absolute Gasteiger partial charge is 0.135 e. The molecule has 1 aromatic carbocycles. The normalized spacial score (nSPS) is 8.91. The van der Waals surface area contributed by atoms with Crippen molar-refractivity contribution in [2.24, 2.45) is 0 Å². The first-order valence-corrected chi connectivity index (χ1v) is 3.31. The Morgan fingerprint density at radius 3 is 2.18 bits per heavy atom. The van der Waals surface area contributed by atoms with Crippen LogP contribution in [0.1, 0.15) is 0 Å². The van der Waals surface area contributed by atoms with Gasteiger partial charge < -0.3 is 10.8 Å². The predicted molar refractivity (Wildman–Crippen MR) is 49.8 cm³/mol. The first-order valence-electron chi connectivity index (χ1n) is 2.55. The molecular formula is C6H6Cl3NO. The van der Waals surface area contributed by atoms with E-state index in [0.29, 0.717) is 5.69 Å². The van der Waals surface area contributed by atoms with Crippen molar-refractivity contribution in [3.05, 3.63) is 22.2 Å². The lowest BCUT2D eigenvalue weighted by Crippen LogP contribution is -1.85. The number of nitrogens with two attached hydrogens (primary N) is 1. The van der Waals surface area contributed by atoms with Gasteiger partial charge >= 0.3 is 0 Å². The Labute approximate surface area is 80.3 Å². The Balaban J connectivity index is 0.000001000. The quantitative estimate of drug-likeness (QED) is 0.515. The van der Waals surface area contributed by atoms with Gasteiger partial charge in [0.2, 0.25) is 0 Å². The van der Waals surface area contributed by atoms with E-state index in [4.69, 9.17) is 34.0 Å². The lowest BCUT2D eigenvalue weighted by atomic mass is 10.3. The van der Waals surface area contributed by atoms with Gasteiger partial charge in [-0.3, -0.25) is 0 Å². The van der Waals surface area contributed by atoms with Crippen LogP contribution in [0.15, 0.2) is 12.1 Å². The second kappa shape index (κ2) is 3.90. The summed E-state index contributed by atoms with van der Waals surface area (Å²) in [7, 11) is 0. The van der Waals surface area contributed by atoms with Crippen LogP contribution in [-0.2, 0) is 0 Å². The minimum absolute atomic E-state index is 0. The van der Waals surface area contributed by atoms with Crippen LogP contribution in [0, 0.1) is 0 Å². The molecule has 1 aromatic rings. The highest BCUT2D eigenvalue weighted by Crippen LogP contribution is 2.34. The standard InChI is InChI=1S/C6H5Cl2NO.ClH/c7-5-3(9)1-2-4(10)6(5)8;/h1-2,10H,9H2;1H. The number of nitrogen functional groups attached to an aromatic ring is 1. The number of benzene rings is 1. The van der Waals surface area contributed by atoms with Crippen LogP contribution in [0.4, 0.5) is 5.69 Å². The average molecular weight is 214 g/mol. The van der Waals surface area contributed by atoms with E-state index in [1.165, 1.54) is 12.1 Å². The van der Waals surface area contributed by atoms with E-state index < -0.39 is 0 Å². The number of hydrogen-bond donors (Lipinski definition) is 2. The summed E-state index contributed by atoms with van der Waals surface area (Å²) in [5.74, 6) is -0.0548. The van der Waals surface area contributed by atoms with Crippen molar-refractivity contribution in [3.63, 3.8) is 0 Å². The van der Waals surface area contributed by atoms with Gasteiger partial charge in [0, 0.05) is 0 Å². The summed E-state index contributed by atoms with van der Waals surface area (Å²) in [6.45, 7) is 0. The molecule has 2 nitrogen and oxygen atoms in total. The van der Waals surface area contributed by atoms with Crippen molar-refractivity contribution in [3.8, 4) is 5.75 Å². The van der Waals surface area contributed by atoms with E-state index in [2.05, 4.69) is 0 Å². The number of phenols is 1. The largest absolute Gasteiger partial charge is 0.506 e. The van der Waals surface area contributed by atoms with Gasteiger partial charge in [-0.2, -0.15) is 0 Å². The van der Waals surface area contributed by atoms with Gasteiger partial charge in [-0.25, -0.2) is 0 Å². The van der Waals surface area contributed by atoms with Crippen LogP contribution in [-0.4, -0.2) is 5.11 Å². The highest BCUT2D eigenvalue weighted by atomic mass is 35.5. The van der Waals surface area contributed by atoms with Crippen LogP contribution in [0.2, 0.25) is 10.0 Å². The first-order chi connectivity index (χ1) is 4.63. The molecular weight excluding hydrogens is 208 g/mol. The van der Waals surface area contributed by atoms with Gasteiger partial charge in [0.25, 0.3) is 0 Å². The molecule has 0 unspecified atom stereocenters. The maximum Gasteiger partial charge on any atom is 0.135 e. The zero-order chi connectivity index (χ0) is 7.72. The summed E-state index contributed by atoms with van der Waals surface area (Å²) in [6.07, 6.45) is 0. The van der Waals surface area contributed by atoms with Crippen molar-refractivity contribution in [1.82, 2.24) is 0 Å². The van der Waals surface area contributed by atoms with Crippen LogP contribution in [0.25, 0.3) is 0 Å². The van der Waals surface area contributed by atoms with Crippen LogP contribution >= 0.6 is 35.6 Å². The maximum absolute atomic E-state index is 8.95. The Morgan fingerprint density at radius 2 is 1.73 bits per heavy atom. The molecule has 0 radical (unpaired) electrons. The summed E-state index contributed by atoms with van der Waals surface area (Å²) in [5, 5.41) is 9.25. The van der Waals surface area contributed by atoms with Gasteiger partial charge in [0.1, 0.15) is 10.8 Å². The van der Waals surface area contributed by atoms with Crippen molar-refractivity contribution >= 4 is 41.3 Å². The summed E-state index contributed by atoms with van der Waals surface area (Å²) >= 11 is 11.1. The van der Waals surface area contributed by atoms with E-state index >= 15 is 0 Å². The topological polar surface area (TPSA) is 46.2 Å². The van der Waals surface area contributed by atoms with Gasteiger partial charge in [-0.05, 0) is 12.1 Å². The minimum atomic E-state index is -0.0548. The molecule has 0 aromatic heterocycles. The molecule has 0 saturated heterocycles.